The topological polar surface area (TPSA) is 32.3 Å². The summed E-state index contributed by atoms with van der Waals surface area (Å²) in [5.74, 6) is -0.248. The molecule has 94 valence electrons. The van der Waals surface area contributed by atoms with Crippen molar-refractivity contribution in [3.05, 3.63) is 65.5 Å². The van der Waals surface area contributed by atoms with E-state index in [4.69, 9.17) is 0 Å². The van der Waals surface area contributed by atoms with E-state index in [1.54, 1.807) is 19.1 Å². The zero-order valence-corrected chi connectivity index (χ0v) is 10.2. The summed E-state index contributed by atoms with van der Waals surface area (Å²) in [6.07, 6.45) is -0.649. The fraction of sp³-hybridized carbons (Fsp3) is 0.200. The second kappa shape index (κ2) is 5.65. The van der Waals surface area contributed by atoms with Gasteiger partial charge in [0.2, 0.25) is 0 Å². The summed E-state index contributed by atoms with van der Waals surface area (Å²) < 4.78 is 13.1. The van der Waals surface area contributed by atoms with Crippen LogP contribution in [0.5, 0.6) is 0 Å². The summed E-state index contributed by atoms with van der Waals surface area (Å²) in [5, 5.41) is 13.1. The van der Waals surface area contributed by atoms with E-state index >= 15 is 0 Å². The summed E-state index contributed by atoms with van der Waals surface area (Å²) in [4.78, 5) is 0. The highest BCUT2D eigenvalue weighted by atomic mass is 19.1. The number of rotatable bonds is 4. The van der Waals surface area contributed by atoms with Gasteiger partial charge in [-0.3, -0.25) is 0 Å². The summed E-state index contributed by atoms with van der Waals surface area (Å²) in [7, 11) is 0. The Bertz CT molecular complexity index is 513. The van der Waals surface area contributed by atoms with Gasteiger partial charge in [-0.15, -0.1) is 0 Å². The lowest BCUT2D eigenvalue weighted by molar-refractivity contribution is 0.191. The minimum atomic E-state index is -0.649. The Hall–Kier alpha value is -1.87. The zero-order chi connectivity index (χ0) is 13.0. The van der Waals surface area contributed by atoms with E-state index in [1.807, 2.05) is 30.3 Å². The van der Waals surface area contributed by atoms with Crippen molar-refractivity contribution in [2.45, 2.75) is 13.0 Å². The Morgan fingerprint density at radius 2 is 1.89 bits per heavy atom. The highest BCUT2D eigenvalue weighted by Gasteiger charge is 2.08. The van der Waals surface area contributed by atoms with Crippen LogP contribution in [0.15, 0.2) is 48.5 Å². The van der Waals surface area contributed by atoms with Crippen molar-refractivity contribution < 1.29 is 9.50 Å². The summed E-state index contributed by atoms with van der Waals surface area (Å²) in [6.45, 7) is 2.09. The molecule has 0 amide bonds. The largest absolute Gasteiger partial charge is 0.387 e. The van der Waals surface area contributed by atoms with Crippen LogP contribution < -0.4 is 5.32 Å². The van der Waals surface area contributed by atoms with E-state index in [2.05, 4.69) is 5.32 Å². The Balaban J connectivity index is 1.99. The average molecular weight is 245 g/mol. The lowest BCUT2D eigenvalue weighted by Gasteiger charge is -2.14. The third-order valence-electron chi connectivity index (χ3n) is 2.84. The molecule has 0 fully saturated rings. The maximum absolute atomic E-state index is 13.1. The van der Waals surface area contributed by atoms with Gasteiger partial charge in [-0.1, -0.05) is 30.3 Å². The van der Waals surface area contributed by atoms with Gasteiger partial charge >= 0.3 is 0 Å². The molecule has 0 bridgehead atoms. The van der Waals surface area contributed by atoms with E-state index in [1.165, 1.54) is 6.07 Å². The highest BCUT2D eigenvalue weighted by molar-refractivity contribution is 5.42. The minimum absolute atomic E-state index is 0.248. The number of aliphatic hydroxyl groups excluding tert-OH is 1. The van der Waals surface area contributed by atoms with Crippen LogP contribution in [0.3, 0.4) is 0 Å². The van der Waals surface area contributed by atoms with Crippen LogP contribution >= 0.6 is 0 Å². The van der Waals surface area contributed by atoms with Crippen molar-refractivity contribution in [1.82, 2.24) is 0 Å². The predicted molar refractivity (Wildman–Crippen MR) is 71.0 cm³/mol. The van der Waals surface area contributed by atoms with Crippen LogP contribution in [-0.4, -0.2) is 11.7 Å². The van der Waals surface area contributed by atoms with Crippen LogP contribution in [0.1, 0.15) is 17.2 Å². The molecule has 3 heteroatoms. The van der Waals surface area contributed by atoms with Crippen molar-refractivity contribution in [2.24, 2.45) is 0 Å². The maximum Gasteiger partial charge on any atom is 0.126 e. The van der Waals surface area contributed by atoms with Crippen molar-refractivity contribution in [1.29, 1.82) is 0 Å². The van der Waals surface area contributed by atoms with E-state index in [0.29, 0.717) is 12.1 Å². The van der Waals surface area contributed by atoms with Crippen LogP contribution in [0, 0.1) is 12.7 Å². The van der Waals surface area contributed by atoms with Gasteiger partial charge in [0.1, 0.15) is 5.82 Å². The number of halogens is 1. The molecule has 2 rings (SSSR count). The van der Waals surface area contributed by atoms with Gasteiger partial charge in [-0.25, -0.2) is 4.39 Å². The second-order valence-corrected chi connectivity index (χ2v) is 4.27. The number of para-hydroxylation sites is 1. The van der Waals surface area contributed by atoms with Gasteiger partial charge < -0.3 is 10.4 Å². The summed E-state index contributed by atoms with van der Waals surface area (Å²) in [5.41, 5.74) is 2.22. The molecule has 0 aromatic heterocycles. The maximum atomic E-state index is 13.1. The quantitative estimate of drug-likeness (QED) is 0.866. The van der Waals surface area contributed by atoms with E-state index in [9.17, 15) is 9.50 Å². The van der Waals surface area contributed by atoms with Crippen molar-refractivity contribution in [3.8, 4) is 0 Å². The zero-order valence-electron chi connectivity index (χ0n) is 10.2. The van der Waals surface area contributed by atoms with Crippen LogP contribution in [-0.2, 0) is 0 Å². The Kier molecular flexibility index (Phi) is 3.95. The molecule has 0 aliphatic heterocycles. The van der Waals surface area contributed by atoms with E-state index in [0.717, 1.165) is 11.3 Å². The smallest absolute Gasteiger partial charge is 0.126 e. The minimum Gasteiger partial charge on any atom is -0.387 e. The molecule has 0 saturated carbocycles. The first kappa shape index (κ1) is 12.6. The number of aliphatic hydroxyl groups is 1. The van der Waals surface area contributed by atoms with Crippen LogP contribution in [0.25, 0.3) is 0 Å². The lowest BCUT2D eigenvalue weighted by Crippen LogP contribution is -2.12. The first-order valence-electron chi connectivity index (χ1n) is 5.90. The number of anilines is 1. The van der Waals surface area contributed by atoms with Crippen molar-refractivity contribution in [2.75, 3.05) is 11.9 Å². The number of nitrogens with one attached hydrogen (secondary N) is 1. The molecule has 0 saturated heterocycles. The Morgan fingerprint density at radius 1 is 1.17 bits per heavy atom. The third-order valence-corrected chi connectivity index (χ3v) is 2.84. The number of hydrogen-bond acceptors (Lipinski definition) is 2. The van der Waals surface area contributed by atoms with Crippen molar-refractivity contribution >= 4 is 5.69 Å². The van der Waals surface area contributed by atoms with Gasteiger partial charge in [0.05, 0.1) is 6.10 Å². The summed E-state index contributed by atoms with van der Waals surface area (Å²) in [6, 6.07) is 14.3. The molecule has 0 radical (unpaired) electrons. The molecule has 2 N–H and O–H groups in total. The normalized spacial score (nSPS) is 12.2. The molecule has 0 spiro atoms. The number of aryl methyl sites for hydroxylation is 1. The van der Waals surface area contributed by atoms with Gasteiger partial charge in [-0.2, -0.15) is 0 Å². The fourth-order valence-electron chi connectivity index (χ4n) is 1.76. The molecular weight excluding hydrogens is 229 g/mol. The number of hydrogen-bond donors (Lipinski definition) is 2. The van der Waals surface area contributed by atoms with Crippen molar-refractivity contribution in [3.63, 3.8) is 0 Å². The van der Waals surface area contributed by atoms with Gasteiger partial charge in [0.25, 0.3) is 0 Å². The van der Waals surface area contributed by atoms with Crippen LogP contribution in [0.2, 0.25) is 0 Å². The van der Waals surface area contributed by atoms with Gasteiger partial charge in [0, 0.05) is 12.2 Å². The lowest BCUT2D eigenvalue weighted by atomic mass is 10.1. The SMILES string of the molecule is Cc1cc(C(O)CNc2ccccc2)ccc1F. The molecule has 2 nitrogen and oxygen atoms in total. The summed E-state index contributed by atoms with van der Waals surface area (Å²) >= 11 is 0. The Morgan fingerprint density at radius 3 is 2.56 bits per heavy atom. The number of benzene rings is 2. The third kappa shape index (κ3) is 3.08. The molecule has 1 unspecified atom stereocenters. The van der Waals surface area contributed by atoms with Gasteiger partial charge in [0.15, 0.2) is 0 Å². The fourth-order valence-corrected chi connectivity index (χ4v) is 1.76. The first-order valence-corrected chi connectivity index (χ1v) is 5.90. The first-order chi connectivity index (χ1) is 8.66. The standard InChI is InChI=1S/C15H16FNO/c1-11-9-12(7-8-14(11)16)15(18)10-17-13-5-3-2-4-6-13/h2-9,15,17-18H,10H2,1H3. The molecule has 1 atom stereocenters. The van der Waals surface area contributed by atoms with Gasteiger partial charge in [-0.05, 0) is 36.2 Å². The van der Waals surface area contributed by atoms with E-state index in [-0.39, 0.29) is 5.82 Å². The molecular formula is C15H16FNO. The Labute approximate surface area is 106 Å². The van der Waals surface area contributed by atoms with Crippen LogP contribution in [0.4, 0.5) is 10.1 Å². The molecule has 18 heavy (non-hydrogen) atoms. The predicted octanol–water partition coefficient (Wildman–Crippen LogP) is 3.28. The molecule has 2 aromatic rings. The molecule has 0 aliphatic rings. The molecule has 2 aromatic carbocycles. The second-order valence-electron chi connectivity index (χ2n) is 4.27. The van der Waals surface area contributed by atoms with E-state index < -0.39 is 6.10 Å². The molecule has 0 heterocycles. The average Bonchev–Trinajstić information content (AvgIpc) is 2.40. The molecule has 0 aliphatic carbocycles. The monoisotopic (exact) mass is 245 g/mol. The highest BCUT2D eigenvalue weighted by Crippen LogP contribution is 2.17.